The molecule has 4 nitrogen and oxygen atoms in total. The number of aryl methyl sites for hydroxylation is 1. The number of H-pyrrole nitrogens is 1. The number of nitrogens with zero attached hydrogens (tertiary/aromatic N) is 1. The van der Waals surface area contributed by atoms with Crippen molar-refractivity contribution in [1.82, 2.24) is 9.55 Å². The molecule has 0 atom stereocenters. The van der Waals surface area contributed by atoms with Gasteiger partial charge in [0.1, 0.15) is 12.4 Å². The highest BCUT2D eigenvalue weighted by Gasteiger charge is 2.05. The van der Waals surface area contributed by atoms with Crippen molar-refractivity contribution < 1.29 is 4.74 Å². The number of fused-ring (bicyclic) bond motifs is 1. The van der Waals surface area contributed by atoms with Crippen molar-refractivity contribution in [3.8, 4) is 5.75 Å². The van der Waals surface area contributed by atoms with Crippen LogP contribution in [0.4, 0.5) is 0 Å². The van der Waals surface area contributed by atoms with E-state index in [1.54, 1.807) is 23.7 Å². The fraction of sp³-hybridized carbons (Fsp3) is 0.133. The molecule has 108 valence electrons. The Balaban J connectivity index is 1.83. The molecule has 6 heteroatoms. The number of nitrogens with one attached hydrogen (secondary N) is 1. The Hall–Kier alpha value is -1.91. The van der Waals surface area contributed by atoms with E-state index in [0.29, 0.717) is 22.4 Å². The smallest absolute Gasteiger partial charge is 0.326 e. The Morgan fingerprint density at radius 2 is 1.95 bits per heavy atom. The molecule has 0 bridgehead atoms. The van der Waals surface area contributed by atoms with Crippen molar-refractivity contribution in [3.05, 3.63) is 62.5 Å². The SMILES string of the molecule is Cn1c(=O)[nH]c2ccc(OCc3ccc(Cl)c(Cl)c3)cc21. The van der Waals surface area contributed by atoms with Gasteiger partial charge in [-0.25, -0.2) is 4.79 Å². The van der Waals surface area contributed by atoms with Gasteiger partial charge in [-0.05, 0) is 29.8 Å². The van der Waals surface area contributed by atoms with Gasteiger partial charge in [0.15, 0.2) is 0 Å². The Morgan fingerprint density at radius 3 is 2.71 bits per heavy atom. The van der Waals surface area contributed by atoms with Crippen molar-refractivity contribution in [3.63, 3.8) is 0 Å². The predicted molar refractivity (Wildman–Crippen MR) is 84.3 cm³/mol. The van der Waals surface area contributed by atoms with Crippen molar-refractivity contribution in [2.24, 2.45) is 7.05 Å². The van der Waals surface area contributed by atoms with Crippen LogP contribution in [0.15, 0.2) is 41.2 Å². The highest BCUT2D eigenvalue weighted by molar-refractivity contribution is 6.42. The van der Waals surface area contributed by atoms with Gasteiger partial charge in [-0.2, -0.15) is 0 Å². The molecule has 21 heavy (non-hydrogen) atoms. The molecule has 0 unspecified atom stereocenters. The predicted octanol–water partition coefficient (Wildman–Crippen LogP) is 3.75. The van der Waals surface area contributed by atoms with Crippen LogP contribution < -0.4 is 10.4 Å². The van der Waals surface area contributed by atoms with Crippen molar-refractivity contribution in [2.45, 2.75) is 6.61 Å². The lowest BCUT2D eigenvalue weighted by Crippen LogP contribution is -2.11. The highest BCUT2D eigenvalue weighted by atomic mass is 35.5. The van der Waals surface area contributed by atoms with Gasteiger partial charge in [-0.3, -0.25) is 4.57 Å². The molecule has 1 heterocycles. The summed E-state index contributed by atoms with van der Waals surface area (Å²) in [6.45, 7) is 0.376. The van der Waals surface area contributed by atoms with Crippen molar-refractivity contribution in [2.75, 3.05) is 0 Å². The molecule has 0 amide bonds. The number of rotatable bonds is 3. The molecule has 0 spiro atoms. The fourth-order valence-corrected chi connectivity index (χ4v) is 2.41. The first-order valence-electron chi connectivity index (χ1n) is 6.30. The average Bonchev–Trinajstić information content (AvgIpc) is 2.75. The van der Waals surface area contributed by atoms with E-state index < -0.39 is 0 Å². The number of halogens is 2. The van der Waals surface area contributed by atoms with E-state index >= 15 is 0 Å². The number of aromatic amines is 1. The van der Waals surface area contributed by atoms with Crippen LogP contribution in [-0.4, -0.2) is 9.55 Å². The number of hydrogen-bond acceptors (Lipinski definition) is 2. The van der Waals surface area contributed by atoms with Crippen LogP contribution >= 0.6 is 23.2 Å². The lowest BCUT2D eigenvalue weighted by atomic mass is 10.2. The normalized spacial score (nSPS) is 11.0. The molecule has 2 aromatic carbocycles. The van der Waals surface area contributed by atoms with Gasteiger partial charge in [0.25, 0.3) is 0 Å². The summed E-state index contributed by atoms with van der Waals surface area (Å²) in [6.07, 6.45) is 0. The van der Waals surface area contributed by atoms with E-state index in [1.165, 1.54) is 0 Å². The van der Waals surface area contributed by atoms with Gasteiger partial charge in [0.2, 0.25) is 0 Å². The van der Waals surface area contributed by atoms with E-state index in [0.717, 1.165) is 16.6 Å². The Bertz CT molecular complexity index is 868. The summed E-state index contributed by atoms with van der Waals surface area (Å²) < 4.78 is 7.27. The van der Waals surface area contributed by atoms with E-state index in [9.17, 15) is 4.79 Å². The summed E-state index contributed by atoms with van der Waals surface area (Å²) in [7, 11) is 1.71. The number of benzene rings is 2. The van der Waals surface area contributed by atoms with Crippen LogP contribution in [0.5, 0.6) is 5.75 Å². The minimum absolute atomic E-state index is 0.147. The summed E-state index contributed by atoms with van der Waals surface area (Å²) >= 11 is 11.8. The molecule has 0 radical (unpaired) electrons. The van der Waals surface area contributed by atoms with E-state index in [1.807, 2.05) is 24.3 Å². The van der Waals surface area contributed by atoms with Crippen LogP contribution in [0.3, 0.4) is 0 Å². The minimum atomic E-state index is -0.147. The standard InChI is InChI=1S/C15H12Cl2N2O2/c1-19-14-7-10(3-5-13(14)18-15(19)20)21-8-9-2-4-11(16)12(17)6-9/h2-7H,8H2,1H3,(H,18,20). The van der Waals surface area contributed by atoms with E-state index in [-0.39, 0.29) is 5.69 Å². The Labute approximate surface area is 130 Å². The third kappa shape index (κ3) is 2.77. The Morgan fingerprint density at radius 1 is 1.14 bits per heavy atom. The molecule has 0 saturated heterocycles. The third-order valence-corrected chi connectivity index (χ3v) is 4.01. The fourth-order valence-electron chi connectivity index (χ4n) is 2.09. The van der Waals surface area contributed by atoms with Crippen LogP contribution in [0.1, 0.15) is 5.56 Å². The van der Waals surface area contributed by atoms with Crippen molar-refractivity contribution >= 4 is 34.2 Å². The molecule has 0 aliphatic rings. The molecule has 3 aromatic rings. The quantitative estimate of drug-likeness (QED) is 0.798. The maximum Gasteiger partial charge on any atom is 0.326 e. The maximum atomic E-state index is 11.5. The maximum absolute atomic E-state index is 11.5. The minimum Gasteiger partial charge on any atom is -0.489 e. The molecular weight excluding hydrogens is 311 g/mol. The molecule has 1 aromatic heterocycles. The number of aromatic nitrogens is 2. The van der Waals surface area contributed by atoms with Gasteiger partial charge < -0.3 is 9.72 Å². The first-order chi connectivity index (χ1) is 10.0. The summed E-state index contributed by atoms with van der Waals surface area (Å²) in [5.41, 5.74) is 2.36. The second-order valence-corrected chi connectivity index (χ2v) is 5.52. The summed E-state index contributed by atoms with van der Waals surface area (Å²) in [6, 6.07) is 10.8. The Kier molecular flexibility index (Phi) is 3.66. The first-order valence-corrected chi connectivity index (χ1v) is 7.05. The zero-order chi connectivity index (χ0) is 15.0. The molecule has 3 rings (SSSR count). The number of imidazole rings is 1. The highest BCUT2D eigenvalue weighted by Crippen LogP contribution is 2.24. The summed E-state index contributed by atoms with van der Waals surface area (Å²) in [5, 5.41) is 1.02. The van der Waals surface area contributed by atoms with Gasteiger partial charge in [0, 0.05) is 13.1 Å². The molecular formula is C15H12Cl2N2O2. The molecule has 0 saturated carbocycles. The van der Waals surface area contributed by atoms with E-state index in [2.05, 4.69) is 4.98 Å². The summed E-state index contributed by atoms with van der Waals surface area (Å²) in [4.78, 5) is 14.3. The largest absolute Gasteiger partial charge is 0.489 e. The second kappa shape index (κ2) is 5.47. The molecule has 0 aliphatic heterocycles. The topological polar surface area (TPSA) is 47.0 Å². The van der Waals surface area contributed by atoms with Crippen LogP contribution in [0, 0.1) is 0 Å². The average molecular weight is 323 g/mol. The zero-order valence-corrected chi connectivity index (χ0v) is 12.7. The van der Waals surface area contributed by atoms with Gasteiger partial charge in [-0.1, -0.05) is 29.3 Å². The second-order valence-electron chi connectivity index (χ2n) is 4.71. The first kappa shape index (κ1) is 14.0. The lowest BCUT2D eigenvalue weighted by Gasteiger charge is -2.07. The zero-order valence-electron chi connectivity index (χ0n) is 11.2. The van der Waals surface area contributed by atoms with Gasteiger partial charge in [-0.15, -0.1) is 0 Å². The number of hydrogen-bond donors (Lipinski definition) is 1. The van der Waals surface area contributed by atoms with Gasteiger partial charge >= 0.3 is 5.69 Å². The lowest BCUT2D eigenvalue weighted by molar-refractivity contribution is 0.306. The molecule has 1 N–H and O–H groups in total. The molecule has 0 aliphatic carbocycles. The van der Waals surface area contributed by atoms with Crippen LogP contribution in [-0.2, 0) is 13.7 Å². The van der Waals surface area contributed by atoms with Crippen LogP contribution in [0.2, 0.25) is 10.0 Å². The molecule has 0 fully saturated rings. The number of ether oxygens (including phenoxy) is 1. The van der Waals surface area contributed by atoms with Gasteiger partial charge in [0.05, 0.1) is 21.1 Å². The monoisotopic (exact) mass is 322 g/mol. The van der Waals surface area contributed by atoms with Crippen molar-refractivity contribution in [1.29, 1.82) is 0 Å². The van der Waals surface area contributed by atoms with E-state index in [4.69, 9.17) is 27.9 Å². The summed E-state index contributed by atoms with van der Waals surface area (Å²) in [5.74, 6) is 0.683. The van der Waals surface area contributed by atoms with Crippen LogP contribution in [0.25, 0.3) is 11.0 Å². The third-order valence-electron chi connectivity index (χ3n) is 3.27.